The third-order valence-corrected chi connectivity index (χ3v) is 4.31. The molecule has 2 nitrogen and oxygen atoms in total. The lowest BCUT2D eigenvalue weighted by Gasteiger charge is -2.29. The fourth-order valence-electron chi connectivity index (χ4n) is 2.77. The molecular weight excluding hydrogens is 244 g/mol. The summed E-state index contributed by atoms with van der Waals surface area (Å²) in [7, 11) is 0. The van der Waals surface area contributed by atoms with E-state index in [1.54, 1.807) is 0 Å². The molecule has 0 saturated heterocycles. The first-order chi connectivity index (χ1) is 9.62. The molecule has 1 rings (SSSR count). The van der Waals surface area contributed by atoms with Gasteiger partial charge in [0, 0.05) is 17.8 Å². The molecule has 1 unspecified atom stereocenters. The molecule has 0 aliphatic heterocycles. The third kappa shape index (κ3) is 5.60. The fourth-order valence-corrected chi connectivity index (χ4v) is 2.77. The van der Waals surface area contributed by atoms with Gasteiger partial charge in [0.05, 0.1) is 11.4 Å². The predicted octanol–water partition coefficient (Wildman–Crippen LogP) is 5.59. The molecular formula is C18H32N2. The smallest absolute Gasteiger partial charge is 0.0645 e. The van der Waals surface area contributed by atoms with Crippen LogP contribution in [0.2, 0.25) is 0 Å². The average molecular weight is 276 g/mol. The van der Waals surface area contributed by atoms with Crippen molar-refractivity contribution in [2.24, 2.45) is 0 Å². The number of unbranched alkanes of at least 4 members (excludes halogenated alkanes) is 5. The Kier molecular flexibility index (Phi) is 7.79. The molecule has 0 radical (unpaired) electrons. The molecule has 1 heterocycles. The van der Waals surface area contributed by atoms with Gasteiger partial charge in [-0.1, -0.05) is 65.7 Å². The molecule has 0 N–H and O–H groups in total. The van der Waals surface area contributed by atoms with E-state index in [1.165, 1.54) is 63.5 Å². The number of hydrogen-bond donors (Lipinski definition) is 0. The van der Waals surface area contributed by atoms with Crippen molar-refractivity contribution in [1.29, 1.82) is 0 Å². The summed E-state index contributed by atoms with van der Waals surface area (Å²) in [5.41, 5.74) is 2.41. The summed E-state index contributed by atoms with van der Waals surface area (Å²) >= 11 is 0. The minimum absolute atomic E-state index is 0.211. The summed E-state index contributed by atoms with van der Waals surface area (Å²) in [5.74, 6) is 0. The highest BCUT2D eigenvalue weighted by atomic mass is 14.8. The zero-order valence-corrected chi connectivity index (χ0v) is 13.9. The van der Waals surface area contributed by atoms with Crippen molar-refractivity contribution < 1.29 is 0 Å². The first-order valence-corrected chi connectivity index (χ1v) is 8.41. The van der Waals surface area contributed by atoms with Crippen molar-refractivity contribution in [1.82, 2.24) is 9.97 Å². The summed E-state index contributed by atoms with van der Waals surface area (Å²) in [6.07, 6.45) is 15.7. The van der Waals surface area contributed by atoms with Crippen LogP contribution in [0.3, 0.4) is 0 Å². The first kappa shape index (κ1) is 17.1. The van der Waals surface area contributed by atoms with Crippen molar-refractivity contribution in [3.8, 4) is 0 Å². The number of nitrogens with zero attached hydrogens (tertiary/aromatic N) is 2. The summed E-state index contributed by atoms with van der Waals surface area (Å²) in [5, 5.41) is 0. The topological polar surface area (TPSA) is 25.8 Å². The second-order valence-corrected chi connectivity index (χ2v) is 6.37. The molecule has 20 heavy (non-hydrogen) atoms. The van der Waals surface area contributed by atoms with Gasteiger partial charge in [0.1, 0.15) is 0 Å². The maximum Gasteiger partial charge on any atom is 0.0645 e. The van der Waals surface area contributed by atoms with Gasteiger partial charge in [0.25, 0.3) is 0 Å². The van der Waals surface area contributed by atoms with Gasteiger partial charge < -0.3 is 0 Å². The number of aryl methyl sites for hydroxylation is 1. The molecule has 114 valence electrons. The summed E-state index contributed by atoms with van der Waals surface area (Å²) < 4.78 is 0. The van der Waals surface area contributed by atoms with E-state index in [4.69, 9.17) is 0 Å². The Morgan fingerprint density at radius 2 is 1.50 bits per heavy atom. The standard InChI is InChI=1S/C18H32N2/c1-5-7-9-10-11-13-18(4,12-8-6-2)17-15-19-16(3)14-20-17/h14-15H,5-13H2,1-4H3. The number of rotatable bonds is 10. The Morgan fingerprint density at radius 3 is 2.10 bits per heavy atom. The van der Waals surface area contributed by atoms with E-state index < -0.39 is 0 Å². The Bertz CT molecular complexity index is 358. The third-order valence-electron chi connectivity index (χ3n) is 4.31. The Labute approximate surface area is 125 Å². The number of hydrogen-bond acceptors (Lipinski definition) is 2. The van der Waals surface area contributed by atoms with E-state index in [2.05, 4.69) is 30.7 Å². The van der Waals surface area contributed by atoms with E-state index >= 15 is 0 Å². The molecule has 0 saturated carbocycles. The molecule has 0 aliphatic rings. The maximum atomic E-state index is 4.66. The van der Waals surface area contributed by atoms with E-state index in [9.17, 15) is 0 Å². The van der Waals surface area contributed by atoms with Gasteiger partial charge in [-0.2, -0.15) is 0 Å². The van der Waals surface area contributed by atoms with Crippen LogP contribution >= 0.6 is 0 Å². The predicted molar refractivity (Wildman–Crippen MR) is 87.0 cm³/mol. The minimum Gasteiger partial charge on any atom is -0.258 e. The molecule has 0 amide bonds. The summed E-state index contributed by atoms with van der Waals surface area (Å²) in [6, 6.07) is 0. The minimum atomic E-state index is 0.211. The van der Waals surface area contributed by atoms with Crippen molar-refractivity contribution in [2.75, 3.05) is 0 Å². The monoisotopic (exact) mass is 276 g/mol. The van der Waals surface area contributed by atoms with Crippen LogP contribution in [-0.2, 0) is 5.41 Å². The summed E-state index contributed by atoms with van der Waals surface area (Å²) in [4.78, 5) is 9.10. The second kappa shape index (κ2) is 9.10. The van der Waals surface area contributed by atoms with Crippen LogP contribution in [0.1, 0.15) is 89.9 Å². The zero-order chi connectivity index (χ0) is 14.8. The van der Waals surface area contributed by atoms with Gasteiger partial charge >= 0.3 is 0 Å². The van der Waals surface area contributed by atoms with Gasteiger partial charge in [-0.3, -0.25) is 9.97 Å². The SMILES string of the molecule is CCCCCCCC(C)(CCCC)c1cnc(C)cn1. The van der Waals surface area contributed by atoms with E-state index in [-0.39, 0.29) is 5.41 Å². The highest BCUT2D eigenvalue weighted by Gasteiger charge is 2.27. The maximum absolute atomic E-state index is 4.66. The van der Waals surface area contributed by atoms with Crippen molar-refractivity contribution in [2.45, 2.75) is 90.9 Å². The van der Waals surface area contributed by atoms with E-state index in [0.717, 1.165) is 5.69 Å². The first-order valence-electron chi connectivity index (χ1n) is 8.41. The lowest BCUT2D eigenvalue weighted by atomic mass is 9.77. The number of aromatic nitrogens is 2. The normalized spacial score (nSPS) is 14.2. The zero-order valence-electron chi connectivity index (χ0n) is 13.9. The van der Waals surface area contributed by atoms with Gasteiger partial charge in [-0.15, -0.1) is 0 Å². The van der Waals surface area contributed by atoms with E-state index in [1.807, 2.05) is 19.3 Å². The highest BCUT2D eigenvalue weighted by Crippen LogP contribution is 2.33. The van der Waals surface area contributed by atoms with Gasteiger partial charge in [0.2, 0.25) is 0 Å². The average Bonchev–Trinajstić information content (AvgIpc) is 2.45. The van der Waals surface area contributed by atoms with Crippen LogP contribution in [0.25, 0.3) is 0 Å². The van der Waals surface area contributed by atoms with Crippen LogP contribution < -0.4 is 0 Å². The molecule has 1 aromatic heterocycles. The lowest BCUT2D eigenvalue weighted by molar-refractivity contribution is 0.358. The second-order valence-electron chi connectivity index (χ2n) is 6.37. The molecule has 2 heteroatoms. The van der Waals surface area contributed by atoms with Crippen LogP contribution in [0, 0.1) is 6.92 Å². The molecule has 0 spiro atoms. The van der Waals surface area contributed by atoms with Crippen molar-refractivity contribution in [3.63, 3.8) is 0 Å². The van der Waals surface area contributed by atoms with Crippen LogP contribution in [0.5, 0.6) is 0 Å². The van der Waals surface area contributed by atoms with Crippen molar-refractivity contribution in [3.05, 3.63) is 23.8 Å². The quantitative estimate of drug-likeness (QED) is 0.520. The Hall–Kier alpha value is -0.920. The molecule has 0 bridgehead atoms. The molecule has 0 aliphatic carbocycles. The molecule has 1 atom stereocenters. The van der Waals surface area contributed by atoms with Gasteiger partial charge in [-0.05, 0) is 19.8 Å². The van der Waals surface area contributed by atoms with Gasteiger partial charge in [0.15, 0.2) is 0 Å². The molecule has 0 fully saturated rings. The highest BCUT2D eigenvalue weighted by molar-refractivity contribution is 5.13. The fraction of sp³-hybridized carbons (Fsp3) is 0.778. The van der Waals surface area contributed by atoms with Crippen molar-refractivity contribution >= 4 is 0 Å². The van der Waals surface area contributed by atoms with E-state index in [0.29, 0.717) is 0 Å². The van der Waals surface area contributed by atoms with Crippen LogP contribution in [0.15, 0.2) is 12.4 Å². The summed E-state index contributed by atoms with van der Waals surface area (Å²) in [6.45, 7) is 8.92. The Balaban J connectivity index is 2.62. The lowest BCUT2D eigenvalue weighted by Crippen LogP contribution is -2.24. The molecule has 1 aromatic rings. The Morgan fingerprint density at radius 1 is 0.850 bits per heavy atom. The largest absolute Gasteiger partial charge is 0.258 e. The van der Waals surface area contributed by atoms with Crippen LogP contribution in [0.4, 0.5) is 0 Å². The molecule has 0 aromatic carbocycles. The van der Waals surface area contributed by atoms with Crippen LogP contribution in [-0.4, -0.2) is 9.97 Å². The van der Waals surface area contributed by atoms with Gasteiger partial charge in [-0.25, -0.2) is 0 Å².